The molecule has 0 amide bonds. The topological polar surface area (TPSA) is 92.7 Å². The Bertz CT molecular complexity index is 703. The molecule has 1 aromatic carbocycles. The number of ether oxygens (including phenoxy) is 2. The monoisotopic (exact) mass is 329 g/mol. The first kappa shape index (κ1) is 17.5. The van der Waals surface area contributed by atoms with Gasteiger partial charge in [0.25, 0.3) is 0 Å². The molecule has 0 aromatic heterocycles. The van der Waals surface area contributed by atoms with Crippen molar-refractivity contribution in [3.63, 3.8) is 0 Å². The summed E-state index contributed by atoms with van der Waals surface area (Å²) in [5.41, 5.74) is -0.658. The van der Waals surface area contributed by atoms with Crippen molar-refractivity contribution < 1.29 is 29.0 Å². The number of carbonyl (C=O) groups is 3. The highest BCUT2D eigenvalue weighted by Crippen LogP contribution is 2.34. The molecular weight excluding hydrogens is 312 g/mol. The molecule has 6 nitrogen and oxygen atoms in total. The van der Waals surface area contributed by atoms with Gasteiger partial charge in [-0.3, -0.25) is 9.59 Å². The average Bonchev–Trinajstić information content (AvgIpc) is 2.49. The standard InChI is InChI=1S/C18H18O6/c1-12(19)23-15-8-9-18(24-13(2)20,16(10-15)17(21)22)11-14-6-4-3-5-7-14/h3-10,16H,11H2,1-2H3,(H,21,22)/p-1. The van der Waals surface area contributed by atoms with Crippen LogP contribution in [0.4, 0.5) is 0 Å². The van der Waals surface area contributed by atoms with E-state index in [-0.39, 0.29) is 12.2 Å². The first-order valence-corrected chi connectivity index (χ1v) is 7.36. The molecule has 0 spiro atoms. The van der Waals surface area contributed by atoms with Crippen molar-refractivity contribution >= 4 is 17.9 Å². The van der Waals surface area contributed by atoms with E-state index in [1.807, 2.05) is 6.07 Å². The van der Waals surface area contributed by atoms with E-state index in [0.717, 1.165) is 5.56 Å². The van der Waals surface area contributed by atoms with Crippen molar-refractivity contribution in [1.29, 1.82) is 0 Å². The smallest absolute Gasteiger partial charge is 0.308 e. The molecule has 2 atom stereocenters. The Morgan fingerprint density at radius 2 is 1.79 bits per heavy atom. The fourth-order valence-corrected chi connectivity index (χ4v) is 2.67. The van der Waals surface area contributed by atoms with Crippen LogP contribution in [-0.2, 0) is 30.3 Å². The lowest BCUT2D eigenvalue weighted by atomic mass is 9.78. The first-order chi connectivity index (χ1) is 11.3. The molecule has 1 aliphatic rings. The number of benzene rings is 1. The van der Waals surface area contributed by atoms with Crippen LogP contribution in [0.5, 0.6) is 0 Å². The summed E-state index contributed by atoms with van der Waals surface area (Å²) in [7, 11) is 0. The van der Waals surface area contributed by atoms with E-state index in [9.17, 15) is 19.5 Å². The summed E-state index contributed by atoms with van der Waals surface area (Å²) < 4.78 is 10.3. The Kier molecular flexibility index (Phi) is 5.18. The summed E-state index contributed by atoms with van der Waals surface area (Å²) >= 11 is 0. The first-order valence-electron chi connectivity index (χ1n) is 7.36. The van der Waals surface area contributed by atoms with Crippen LogP contribution in [0.2, 0.25) is 0 Å². The van der Waals surface area contributed by atoms with Crippen LogP contribution in [0, 0.1) is 5.92 Å². The summed E-state index contributed by atoms with van der Waals surface area (Å²) in [6, 6.07) is 9.04. The van der Waals surface area contributed by atoms with Crippen molar-refractivity contribution in [3.8, 4) is 0 Å². The molecular formula is C18H17O6-. The van der Waals surface area contributed by atoms with Gasteiger partial charge in [-0.15, -0.1) is 0 Å². The van der Waals surface area contributed by atoms with Gasteiger partial charge in [0.2, 0.25) is 0 Å². The molecule has 0 N–H and O–H groups in total. The van der Waals surface area contributed by atoms with Crippen molar-refractivity contribution in [2.45, 2.75) is 25.9 Å². The number of hydrogen-bond acceptors (Lipinski definition) is 6. The van der Waals surface area contributed by atoms with E-state index >= 15 is 0 Å². The van der Waals surface area contributed by atoms with Gasteiger partial charge in [0.15, 0.2) is 0 Å². The van der Waals surface area contributed by atoms with Crippen LogP contribution in [0.15, 0.2) is 54.3 Å². The SMILES string of the molecule is CC(=O)OC1=CC(C(=O)[O-])C(Cc2ccccc2)(OC(C)=O)C=C1. The highest BCUT2D eigenvalue weighted by Gasteiger charge is 2.42. The minimum atomic E-state index is -1.45. The predicted octanol–water partition coefficient (Wildman–Crippen LogP) is 0.914. The summed E-state index contributed by atoms with van der Waals surface area (Å²) in [5.74, 6) is -3.84. The Morgan fingerprint density at radius 3 is 2.33 bits per heavy atom. The fraction of sp³-hybridized carbons (Fsp3) is 0.278. The number of carbonyl (C=O) groups excluding carboxylic acids is 3. The molecule has 0 saturated heterocycles. The molecule has 0 bridgehead atoms. The number of hydrogen-bond donors (Lipinski definition) is 0. The Morgan fingerprint density at radius 1 is 1.12 bits per heavy atom. The normalized spacial score (nSPS) is 22.4. The van der Waals surface area contributed by atoms with E-state index in [0.29, 0.717) is 0 Å². The van der Waals surface area contributed by atoms with Gasteiger partial charge in [-0.1, -0.05) is 30.3 Å². The van der Waals surface area contributed by atoms with Gasteiger partial charge in [-0.25, -0.2) is 0 Å². The second-order valence-electron chi connectivity index (χ2n) is 5.50. The molecule has 24 heavy (non-hydrogen) atoms. The Hall–Kier alpha value is -2.89. The highest BCUT2D eigenvalue weighted by atomic mass is 16.6. The van der Waals surface area contributed by atoms with Gasteiger partial charge in [-0.05, 0) is 23.8 Å². The molecule has 2 rings (SSSR count). The number of carboxylic acids is 1. The minimum Gasteiger partial charge on any atom is -0.549 e. The van der Waals surface area contributed by atoms with Crippen molar-refractivity contribution in [2.75, 3.05) is 0 Å². The fourth-order valence-electron chi connectivity index (χ4n) is 2.67. The lowest BCUT2D eigenvalue weighted by Gasteiger charge is -2.39. The number of carboxylic acid groups (broad SMARTS) is 1. The van der Waals surface area contributed by atoms with Crippen LogP contribution in [0.3, 0.4) is 0 Å². The lowest BCUT2D eigenvalue weighted by molar-refractivity contribution is -0.314. The Labute approximate surface area is 139 Å². The third-order valence-corrected chi connectivity index (χ3v) is 3.56. The van der Waals surface area contributed by atoms with Gasteiger partial charge in [0, 0.05) is 20.3 Å². The van der Waals surface area contributed by atoms with Gasteiger partial charge < -0.3 is 19.4 Å². The summed E-state index contributed by atoms with van der Waals surface area (Å²) in [5, 5.41) is 11.7. The molecule has 0 radical (unpaired) electrons. The summed E-state index contributed by atoms with van der Waals surface area (Å²) in [6.07, 6.45) is 4.22. The average molecular weight is 329 g/mol. The molecule has 126 valence electrons. The molecule has 0 fully saturated rings. The molecule has 1 aromatic rings. The molecule has 6 heteroatoms. The van der Waals surface area contributed by atoms with Gasteiger partial charge in [0.1, 0.15) is 11.4 Å². The minimum absolute atomic E-state index is 0.0764. The maximum atomic E-state index is 11.7. The maximum absolute atomic E-state index is 11.7. The zero-order valence-corrected chi connectivity index (χ0v) is 13.4. The van der Waals surface area contributed by atoms with Gasteiger partial charge >= 0.3 is 11.9 Å². The van der Waals surface area contributed by atoms with Crippen molar-refractivity contribution in [3.05, 3.63) is 59.9 Å². The van der Waals surface area contributed by atoms with Gasteiger partial charge in [-0.2, -0.15) is 0 Å². The lowest BCUT2D eigenvalue weighted by Crippen LogP contribution is -2.51. The van der Waals surface area contributed by atoms with Crippen LogP contribution >= 0.6 is 0 Å². The third kappa shape index (κ3) is 4.10. The third-order valence-electron chi connectivity index (χ3n) is 3.56. The van der Waals surface area contributed by atoms with Crippen LogP contribution in [-0.4, -0.2) is 23.5 Å². The van der Waals surface area contributed by atoms with Crippen LogP contribution in [0.1, 0.15) is 19.4 Å². The number of esters is 2. The van der Waals surface area contributed by atoms with Crippen molar-refractivity contribution in [2.24, 2.45) is 5.92 Å². The molecule has 0 saturated carbocycles. The maximum Gasteiger partial charge on any atom is 0.308 e. The zero-order valence-electron chi connectivity index (χ0n) is 13.4. The summed E-state index contributed by atoms with van der Waals surface area (Å²) in [6.45, 7) is 2.42. The molecule has 2 unspecified atom stereocenters. The van der Waals surface area contributed by atoms with E-state index in [1.54, 1.807) is 24.3 Å². The van der Waals surface area contributed by atoms with E-state index in [4.69, 9.17) is 9.47 Å². The molecule has 0 heterocycles. The van der Waals surface area contributed by atoms with Crippen LogP contribution < -0.4 is 5.11 Å². The van der Waals surface area contributed by atoms with Crippen LogP contribution in [0.25, 0.3) is 0 Å². The van der Waals surface area contributed by atoms with E-state index in [2.05, 4.69) is 0 Å². The zero-order chi connectivity index (χ0) is 17.7. The predicted molar refractivity (Wildman–Crippen MR) is 82.1 cm³/mol. The van der Waals surface area contributed by atoms with E-state index in [1.165, 1.54) is 32.1 Å². The van der Waals surface area contributed by atoms with Crippen molar-refractivity contribution in [1.82, 2.24) is 0 Å². The Balaban J connectivity index is 2.43. The van der Waals surface area contributed by atoms with Gasteiger partial charge in [0.05, 0.1) is 11.9 Å². The number of allylic oxidation sites excluding steroid dienone is 1. The number of aliphatic carboxylic acids is 1. The highest BCUT2D eigenvalue weighted by molar-refractivity contribution is 5.76. The molecule has 1 aliphatic carbocycles. The number of rotatable bonds is 5. The second kappa shape index (κ2) is 7.12. The summed E-state index contributed by atoms with van der Waals surface area (Å²) in [4.78, 5) is 34.3. The second-order valence-corrected chi connectivity index (χ2v) is 5.50. The largest absolute Gasteiger partial charge is 0.549 e. The quantitative estimate of drug-likeness (QED) is 0.746. The van der Waals surface area contributed by atoms with E-state index < -0.39 is 29.4 Å². The molecule has 0 aliphatic heterocycles.